The average molecular weight is 362 g/mol. The Bertz CT molecular complexity index is 721. The summed E-state index contributed by atoms with van der Waals surface area (Å²) < 4.78 is 0. The van der Waals surface area contributed by atoms with Crippen LogP contribution in [0.25, 0.3) is 0 Å². The Balaban J connectivity index is 2.17. The van der Waals surface area contributed by atoms with Crippen LogP contribution in [0.5, 0.6) is 0 Å². The van der Waals surface area contributed by atoms with Gasteiger partial charge in [-0.15, -0.1) is 0 Å². The van der Waals surface area contributed by atoms with Crippen molar-refractivity contribution >= 4 is 35.2 Å². The van der Waals surface area contributed by atoms with Crippen molar-refractivity contribution in [3.8, 4) is 0 Å². The first kappa shape index (κ1) is 19.2. The summed E-state index contributed by atoms with van der Waals surface area (Å²) in [6.07, 6.45) is 0.600. The van der Waals surface area contributed by atoms with Crippen LogP contribution in [-0.4, -0.2) is 48.1 Å². The SMILES string of the molecule is CC[C@H](C)[C@H](NC(=O)N1CC(=O)Nc2ccccc21)C(=O)NCC(=O)O. The van der Waals surface area contributed by atoms with Gasteiger partial charge in [-0.3, -0.25) is 19.3 Å². The van der Waals surface area contributed by atoms with E-state index >= 15 is 0 Å². The summed E-state index contributed by atoms with van der Waals surface area (Å²) in [5.41, 5.74) is 1.03. The minimum Gasteiger partial charge on any atom is -0.480 e. The van der Waals surface area contributed by atoms with Crippen molar-refractivity contribution in [2.45, 2.75) is 26.3 Å². The molecule has 0 bridgehead atoms. The zero-order valence-corrected chi connectivity index (χ0v) is 14.6. The van der Waals surface area contributed by atoms with Gasteiger partial charge in [0.05, 0.1) is 11.4 Å². The third-order valence-corrected chi connectivity index (χ3v) is 4.20. The first-order valence-corrected chi connectivity index (χ1v) is 8.29. The van der Waals surface area contributed by atoms with Gasteiger partial charge < -0.3 is 21.1 Å². The van der Waals surface area contributed by atoms with Gasteiger partial charge in [0.2, 0.25) is 11.8 Å². The summed E-state index contributed by atoms with van der Waals surface area (Å²) in [5, 5.41) is 16.3. The van der Waals surface area contributed by atoms with Crippen LogP contribution >= 0.6 is 0 Å². The fourth-order valence-corrected chi connectivity index (χ4v) is 2.60. The van der Waals surface area contributed by atoms with Crippen LogP contribution in [0.15, 0.2) is 24.3 Å². The molecule has 1 aromatic carbocycles. The predicted molar refractivity (Wildman–Crippen MR) is 94.8 cm³/mol. The van der Waals surface area contributed by atoms with Gasteiger partial charge in [0.1, 0.15) is 19.1 Å². The van der Waals surface area contributed by atoms with Crippen LogP contribution in [0.3, 0.4) is 0 Å². The summed E-state index contributed by atoms with van der Waals surface area (Å²) in [5.74, 6) is -2.31. The van der Waals surface area contributed by atoms with Gasteiger partial charge in [0.15, 0.2) is 0 Å². The number of urea groups is 1. The molecular formula is C17H22N4O5. The van der Waals surface area contributed by atoms with E-state index < -0.39 is 30.5 Å². The lowest BCUT2D eigenvalue weighted by Gasteiger charge is -2.31. The number of carboxylic acid groups (broad SMARTS) is 1. The molecule has 9 nitrogen and oxygen atoms in total. The summed E-state index contributed by atoms with van der Waals surface area (Å²) in [6, 6.07) is 5.34. The standard InChI is InChI=1S/C17H22N4O5/c1-3-10(2)15(16(25)18-8-14(23)24)20-17(26)21-9-13(22)19-11-6-4-5-7-12(11)21/h4-7,10,15H,3,8-9H2,1-2H3,(H,18,25)(H,19,22)(H,20,26)(H,23,24)/t10-,15-/m0/s1. The Hall–Kier alpha value is -3.10. The molecule has 140 valence electrons. The molecule has 2 atom stereocenters. The minimum atomic E-state index is -1.17. The Morgan fingerprint density at radius 3 is 2.65 bits per heavy atom. The van der Waals surface area contributed by atoms with Crippen molar-refractivity contribution in [2.24, 2.45) is 5.92 Å². The van der Waals surface area contributed by atoms with Crippen molar-refractivity contribution in [1.29, 1.82) is 0 Å². The van der Waals surface area contributed by atoms with E-state index in [-0.39, 0.29) is 18.4 Å². The first-order valence-electron chi connectivity index (χ1n) is 8.29. The molecule has 0 radical (unpaired) electrons. The molecule has 1 heterocycles. The van der Waals surface area contributed by atoms with E-state index in [0.29, 0.717) is 17.8 Å². The van der Waals surface area contributed by atoms with E-state index in [1.54, 1.807) is 31.2 Å². The van der Waals surface area contributed by atoms with Gasteiger partial charge in [-0.25, -0.2) is 4.79 Å². The van der Waals surface area contributed by atoms with Gasteiger partial charge in [-0.05, 0) is 18.1 Å². The molecule has 0 fully saturated rings. The highest BCUT2D eigenvalue weighted by molar-refractivity contribution is 6.10. The third kappa shape index (κ3) is 4.50. The highest BCUT2D eigenvalue weighted by atomic mass is 16.4. The van der Waals surface area contributed by atoms with Crippen LogP contribution in [-0.2, 0) is 14.4 Å². The zero-order chi connectivity index (χ0) is 19.3. The second-order valence-corrected chi connectivity index (χ2v) is 6.08. The number of nitrogens with one attached hydrogen (secondary N) is 3. The molecule has 0 spiro atoms. The second kappa shape index (κ2) is 8.32. The molecule has 1 aliphatic heterocycles. The number of carboxylic acids is 1. The number of anilines is 2. The lowest BCUT2D eigenvalue weighted by Crippen LogP contribution is -2.56. The smallest absolute Gasteiger partial charge is 0.323 e. The number of amides is 4. The highest BCUT2D eigenvalue weighted by Crippen LogP contribution is 2.28. The Morgan fingerprint density at radius 1 is 1.31 bits per heavy atom. The van der Waals surface area contributed by atoms with Crippen molar-refractivity contribution in [2.75, 3.05) is 23.3 Å². The lowest BCUT2D eigenvalue weighted by atomic mass is 9.98. The second-order valence-electron chi connectivity index (χ2n) is 6.08. The van der Waals surface area contributed by atoms with E-state index in [1.165, 1.54) is 4.90 Å². The molecule has 2 rings (SSSR count). The molecular weight excluding hydrogens is 340 g/mol. The van der Waals surface area contributed by atoms with Crippen molar-refractivity contribution < 1.29 is 24.3 Å². The van der Waals surface area contributed by atoms with Crippen LogP contribution in [0.2, 0.25) is 0 Å². The quantitative estimate of drug-likeness (QED) is 0.594. The Kier molecular flexibility index (Phi) is 6.16. The largest absolute Gasteiger partial charge is 0.480 e. The molecule has 26 heavy (non-hydrogen) atoms. The number of hydrogen-bond donors (Lipinski definition) is 4. The zero-order valence-electron chi connectivity index (χ0n) is 14.6. The molecule has 1 aliphatic rings. The number of fused-ring (bicyclic) bond motifs is 1. The summed E-state index contributed by atoms with van der Waals surface area (Å²) >= 11 is 0. The van der Waals surface area contributed by atoms with Crippen molar-refractivity contribution in [3.05, 3.63) is 24.3 Å². The highest BCUT2D eigenvalue weighted by Gasteiger charge is 2.31. The number of benzene rings is 1. The van der Waals surface area contributed by atoms with Crippen LogP contribution < -0.4 is 20.9 Å². The van der Waals surface area contributed by atoms with Crippen molar-refractivity contribution in [3.63, 3.8) is 0 Å². The maximum atomic E-state index is 12.7. The third-order valence-electron chi connectivity index (χ3n) is 4.20. The summed E-state index contributed by atoms with van der Waals surface area (Å²) in [4.78, 5) is 48.8. The number of carbonyl (C=O) groups is 4. The molecule has 9 heteroatoms. The number of nitrogens with zero attached hydrogens (tertiary/aromatic N) is 1. The molecule has 0 saturated heterocycles. The molecule has 0 saturated carbocycles. The number of rotatable bonds is 6. The monoisotopic (exact) mass is 362 g/mol. The maximum Gasteiger partial charge on any atom is 0.323 e. The summed E-state index contributed by atoms with van der Waals surface area (Å²) in [6.45, 7) is 2.93. The fourth-order valence-electron chi connectivity index (χ4n) is 2.60. The molecule has 0 aromatic heterocycles. The van der Waals surface area contributed by atoms with E-state index in [1.807, 2.05) is 6.92 Å². The van der Waals surface area contributed by atoms with Gasteiger partial charge in [-0.1, -0.05) is 32.4 Å². The predicted octanol–water partition coefficient (Wildman–Crippen LogP) is 0.770. The molecule has 4 N–H and O–H groups in total. The van der Waals surface area contributed by atoms with E-state index in [2.05, 4.69) is 16.0 Å². The number of hydrogen-bond acceptors (Lipinski definition) is 4. The number of carbonyl (C=O) groups excluding carboxylic acids is 3. The van der Waals surface area contributed by atoms with E-state index in [9.17, 15) is 19.2 Å². The molecule has 1 aromatic rings. The van der Waals surface area contributed by atoms with E-state index in [4.69, 9.17) is 5.11 Å². The molecule has 4 amide bonds. The summed E-state index contributed by atoms with van der Waals surface area (Å²) in [7, 11) is 0. The lowest BCUT2D eigenvalue weighted by molar-refractivity contribution is -0.138. The van der Waals surface area contributed by atoms with Gasteiger partial charge in [-0.2, -0.15) is 0 Å². The molecule has 0 unspecified atom stereocenters. The number of para-hydroxylation sites is 2. The van der Waals surface area contributed by atoms with E-state index in [0.717, 1.165) is 0 Å². The topological polar surface area (TPSA) is 128 Å². The number of aliphatic carboxylic acids is 1. The average Bonchev–Trinajstić information content (AvgIpc) is 2.62. The van der Waals surface area contributed by atoms with Gasteiger partial charge >= 0.3 is 12.0 Å². The fraction of sp³-hybridized carbons (Fsp3) is 0.412. The Morgan fingerprint density at radius 2 is 2.00 bits per heavy atom. The Labute approximate surface area is 150 Å². The van der Waals surface area contributed by atoms with Crippen LogP contribution in [0, 0.1) is 5.92 Å². The minimum absolute atomic E-state index is 0.174. The van der Waals surface area contributed by atoms with Gasteiger partial charge in [0, 0.05) is 0 Å². The first-order chi connectivity index (χ1) is 12.3. The normalized spacial score (nSPS) is 15.3. The van der Waals surface area contributed by atoms with Crippen LogP contribution in [0.4, 0.5) is 16.2 Å². The molecule has 0 aliphatic carbocycles. The maximum absolute atomic E-state index is 12.7. The van der Waals surface area contributed by atoms with Gasteiger partial charge in [0.25, 0.3) is 0 Å². The van der Waals surface area contributed by atoms with Crippen molar-refractivity contribution in [1.82, 2.24) is 10.6 Å². The van der Waals surface area contributed by atoms with Crippen LogP contribution in [0.1, 0.15) is 20.3 Å².